The van der Waals surface area contributed by atoms with Crippen LogP contribution >= 0.6 is 0 Å². The van der Waals surface area contributed by atoms with E-state index in [1.165, 1.54) is 6.33 Å². The molecule has 14 heteroatoms. The normalized spacial score (nSPS) is 11.2. The zero-order chi connectivity index (χ0) is 25.5. The lowest BCUT2D eigenvalue weighted by Crippen LogP contribution is -2.09. The number of unbranched alkanes of at least 4 members (excludes halogenated alkanes) is 3. The number of carbonyl (C=O) groups is 1. The molecule has 0 saturated heterocycles. The summed E-state index contributed by atoms with van der Waals surface area (Å²) in [5.41, 5.74) is 14.9. The van der Waals surface area contributed by atoms with E-state index in [0.29, 0.717) is 66.1 Å². The van der Waals surface area contributed by atoms with Gasteiger partial charge in [0.25, 0.3) is 11.1 Å². The maximum atomic E-state index is 12.1. The molecule has 0 amide bonds. The third kappa shape index (κ3) is 5.95. The zero-order valence-corrected chi connectivity index (χ0v) is 19.5. The van der Waals surface area contributed by atoms with Crippen molar-refractivity contribution in [1.29, 1.82) is 0 Å². The summed E-state index contributed by atoms with van der Waals surface area (Å²) < 4.78 is 12.3. The molecule has 1 aromatic carbocycles. The summed E-state index contributed by atoms with van der Waals surface area (Å²) in [5, 5.41) is 14.6. The van der Waals surface area contributed by atoms with Crippen molar-refractivity contribution in [3.05, 3.63) is 34.6 Å². The molecule has 36 heavy (non-hydrogen) atoms. The highest BCUT2D eigenvalue weighted by atomic mass is 16.9. The van der Waals surface area contributed by atoms with E-state index >= 15 is 0 Å². The van der Waals surface area contributed by atoms with Gasteiger partial charge in [-0.3, -0.25) is 4.79 Å². The van der Waals surface area contributed by atoms with Crippen molar-refractivity contribution in [3.63, 3.8) is 0 Å². The van der Waals surface area contributed by atoms with Gasteiger partial charge in [-0.25, -0.2) is 14.6 Å². The molecule has 190 valence electrons. The summed E-state index contributed by atoms with van der Waals surface area (Å²) in [6, 6.07) is 5.48. The van der Waals surface area contributed by atoms with Gasteiger partial charge in [0.2, 0.25) is 0 Å². The average Bonchev–Trinajstić information content (AvgIpc) is 3.40. The number of esters is 1. The molecule has 0 fully saturated rings. The summed E-state index contributed by atoms with van der Waals surface area (Å²) in [6.45, 7) is 0.816. The minimum Gasteiger partial charge on any atom is -0.466 e. The van der Waals surface area contributed by atoms with E-state index in [-0.39, 0.29) is 25.0 Å². The molecule has 0 saturated carbocycles. The number of hydrogen-bond donors (Lipinski definition) is 2. The van der Waals surface area contributed by atoms with Crippen LogP contribution in [0.25, 0.3) is 33.4 Å². The number of fused-ring (bicyclic) bond motifs is 2. The number of rotatable bonds is 13. The Kier molecular flexibility index (Phi) is 7.72. The quantitative estimate of drug-likeness (QED) is 0.118. The fourth-order valence-corrected chi connectivity index (χ4v) is 3.81. The van der Waals surface area contributed by atoms with Crippen LogP contribution in [0.5, 0.6) is 0 Å². The maximum Gasteiger partial charge on any atom is 0.305 e. The van der Waals surface area contributed by atoms with Gasteiger partial charge in [-0.15, -0.1) is 10.1 Å². The number of carbonyl (C=O) groups excluding carboxylic acids is 1. The van der Waals surface area contributed by atoms with Gasteiger partial charge in [0.05, 0.1) is 18.6 Å². The molecule has 4 N–H and O–H groups in total. The monoisotopic (exact) mass is 498 g/mol. The summed E-state index contributed by atoms with van der Waals surface area (Å²) in [5.74, 6) is -0.00282. The van der Waals surface area contributed by atoms with E-state index in [9.17, 15) is 14.9 Å². The van der Waals surface area contributed by atoms with Crippen LogP contribution in [-0.4, -0.2) is 49.0 Å². The number of nitrogens with two attached hydrogens (primary N) is 2. The molecule has 0 unspecified atom stereocenters. The molecule has 14 nitrogen and oxygen atoms in total. The summed E-state index contributed by atoms with van der Waals surface area (Å²) >= 11 is 0. The smallest absolute Gasteiger partial charge is 0.305 e. The number of nitrogen functional groups attached to an aromatic ring is 2. The van der Waals surface area contributed by atoms with Crippen LogP contribution in [0.3, 0.4) is 0 Å². The topological polar surface area (TPSA) is 200 Å². The SMILES string of the molecule is Nc1nc2cc(-c3nn(CCCC(=O)OCCCCCCO[N+](=O)[O-])c4ncnc(N)c34)ccc2o1. The summed E-state index contributed by atoms with van der Waals surface area (Å²) in [7, 11) is 0. The number of aromatic nitrogens is 5. The average molecular weight is 499 g/mol. The third-order valence-electron chi connectivity index (χ3n) is 5.49. The first-order valence-corrected chi connectivity index (χ1v) is 11.5. The predicted molar refractivity (Wildman–Crippen MR) is 129 cm³/mol. The highest BCUT2D eigenvalue weighted by molar-refractivity contribution is 5.99. The number of nitrogens with zero attached hydrogens (tertiary/aromatic N) is 6. The van der Waals surface area contributed by atoms with Crippen molar-refractivity contribution >= 4 is 39.9 Å². The minimum absolute atomic E-state index is 0.0783. The molecule has 3 aromatic heterocycles. The van der Waals surface area contributed by atoms with Gasteiger partial charge in [0.15, 0.2) is 11.2 Å². The second-order valence-electron chi connectivity index (χ2n) is 8.06. The Bertz CT molecular complexity index is 1370. The molecular formula is C22H26N8O6. The van der Waals surface area contributed by atoms with Crippen molar-refractivity contribution in [1.82, 2.24) is 24.7 Å². The van der Waals surface area contributed by atoms with E-state index in [1.54, 1.807) is 16.8 Å². The van der Waals surface area contributed by atoms with Gasteiger partial charge in [0.1, 0.15) is 23.4 Å². The van der Waals surface area contributed by atoms with Gasteiger partial charge in [-0.2, -0.15) is 10.1 Å². The lowest BCUT2D eigenvalue weighted by atomic mass is 10.1. The Balaban J connectivity index is 1.32. The Morgan fingerprint density at radius 2 is 1.92 bits per heavy atom. The Morgan fingerprint density at radius 1 is 1.11 bits per heavy atom. The predicted octanol–water partition coefficient (Wildman–Crippen LogP) is 2.89. The first-order valence-electron chi connectivity index (χ1n) is 11.5. The van der Waals surface area contributed by atoms with Crippen molar-refractivity contribution in [2.24, 2.45) is 0 Å². The minimum atomic E-state index is -0.801. The van der Waals surface area contributed by atoms with Crippen molar-refractivity contribution in [3.8, 4) is 11.3 Å². The van der Waals surface area contributed by atoms with E-state index in [4.69, 9.17) is 25.7 Å². The molecule has 4 rings (SSSR count). The molecule has 4 aromatic rings. The van der Waals surface area contributed by atoms with Crippen molar-refractivity contribution < 1.29 is 23.9 Å². The van der Waals surface area contributed by atoms with E-state index < -0.39 is 5.09 Å². The van der Waals surface area contributed by atoms with Gasteiger partial charge in [-0.05, 0) is 43.9 Å². The number of aryl methyl sites for hydroxylation is 1. The largest absolute Gasteiger partial charge is 0.466 e. The van der Waals surface area contributed by atoms with Crippen LogP contribution in [0.15, 0.2) is 28.9 Å². The van der Waals surface area contributed by atoms with Gasteiger partial charge in [-0.1, -0.05) is 6.42 Å². The number of anilines is 2. The summed E-state index contributed by atoms with van der Waals surface area (Å²) in [4.78, 5) is 39.0. The molecule has 0 bridgehead atoms. The fraction of sp³-hybridized carbons (Fsp3) is 0.409. The van der Waals surface area contributed by atoms with Crippen LogP contribution < -0.4 is 11.5 Å². The number of hydrogen-bond acceptors (Lipinski definition) is 12. The molecule has 0 aliphatic rings. The lowest BCUT2D eigenvalue weighted by Gasteiger charge is -2.06. The second-order valence-corrected chi connectivity index (χ2v) is 8.06. The van der Waals surface area contributed by atoms with Crippen LogP contribution in [0, 0.1) is 10.1 Å². The highest BCUT2D eigenvalue weighted by Crippen LogP contribution is 2.32. The Morgan fingerprint density at radius 3 is 2.72 bits per heavy atom. The van der Waals surface area contributed by atoms with Crippen molar-refractivity contribution in [2.75, 3.05) is 24.7 Å². The van der Waals surface area contributed by atoms with Gasteiger partial charge >= 0.3 is 5.97 Å². The standard InChI is InChI=1S/C22H26N8O6/c23-20-18-19(14-7-8-16-15(12-14)27-22(24)36-16)28-29(21(18)26-13-25-20)9-5-6-17(31)34-10-3-1-2-4-11-35-30(32)33/h7-8,12-13H,1-6,9-11H2,(H2,24,27)(H2,23,25,26). The van der Waals surface area contributed by atoms with Crippen molar-refractivity contribution in [2.45, 2.75) is 45.1 Å². The lowest BCUT2D eigenvalue weighted by molar-refractivity contribution is -0.757. The van der Waals surface area contributed by atoms with Gasteiger partial charge < -0.3 is 25.5 Å². The molecule has 0 aliphatic carbocycles. The molecule has 0 radical (unpaired) electrons. The highest BCUT2D eigenvalue weighted by Gasteiger charge is 2.18. The fourth-order valence-electron chi connectivity index (χ4n) is 3.81. The molecular weight excluding hydrogens is 472 g/mol. The van der Waals surface area contributed by atoms with E-state index in [2.05, 4.69) is 19.8 Å². The summed E-state index contributed by atoms with van der Waals surface area (Å²) in [6.07, 6.45) is 4.93. The number of oxazole rings is 1. The van der Waals surface area contributed by atoms with Crippen LogP contribution in [0.4, 0.5) is 11.8 Å². The van der Waals surface area contributed by atoms with Crippen LogP contribution in [0.2, 0.25) is 0 Å². The number of ether oxygens (including phenoxy) is 1. The van der Waals surface area contributed by atoms with E-state index in [0.717, 1.165) is 18.4 Å². The van der Waals surface area contributed by atoms with E-state index in [1.807, 2.05) is 6.07 Å². The third-order valence-corrected chi connectivity index (χ3v) is 5.49. The zero-order valence-electron chi connectivity index (χ0n) is 19.5. The maximum absolute atomic E-state index is 12.1. The van der Waals surface area contributed by atoms with Gasteiger partial charge in [0, 0.05) is 18.5 Å². The Labute approximate surface area is 204 Å². The second kappa shape index (κ2) is 11.3. The molecule has 0 atom stereocenters. The first kappa shape index (κ1) is 24.6. The van der Waals surface area contributed by atoms with Crippen LogP contribution in [-0.2, 0) is 20.9 Å². The Hall–Kier alpha value is -4.49. The molecule has 0 spiro atoms. The van der Waals surface area contributed by atoms with Crippen LogP contribution in [0.1, 0.15) is 38.5 Å². The molecule has 3 heterocycles. The molecule has 0 aliphatic heterocycles. The first-order chi connectivity index (χ1) is 17.4. The number of benzene rings is 1.